The third-order valence-corrected chi connectivity index (χ3v) is 11.4. The zero-order valence-electron chi connectivity index (χ0n) is 37.0. The maximum atomic E-state index is 14.3. The van der Waals surface area contributed by atoms with Crippen LogP contribution in [0.2, 0.25) is 0 Å². The smallest absolute Gasteiger partial charge is 0.245 e. The van der Waals surface area contributed by atoms with E-state index in [1.54, 1.807) is 37.8 Å². The van der Waals surface area contributed by atoms with Crippen molar-refractivity contribution in [3.05, 3.63) is 46.3 Å². The van der Waals surface area contributed by atoms with Crippen LogP contribution >= 0.6 is 0 Å². The SMILES string of the molecule is CC[C@H](C)[C@@H]([C@@H](CC(=O)N1CCC[C@H]1[C@H](OC)[C@@H](C)C(=O)N[C@H](C)[C@@H](OCC(=O)N=[N+]=[N-])c1ccccc1)OC)N(C)C(=O)[C@@H](NC(=O)[C@H](C(C)C)N(C)C)C(C)C. The lowest BCUT2D eigenvalue weighted by Gasteiger charge is -2.41. The van der Waals surface area contributed by atoms with E-state index in [0.717, 1.165) is 12.0 Å². The van der Waals surface area contributed by atoms with Gasteiger partial charge in [0.05, 0.1) is 48.7 Å². The molecule has 1 aliphatic rings. The molecule has 0 saturated carbocycles. The standard InChI is InChI=1S/C42H70N8O8/c1-14-27(6)37(49(11)42(55)35(25(2)3)45-41(54)36(26(4)5)48(9)10)32(56-12)23-34(52)50-22-18-21-31(50)38(57-13)28(7)40(53)44-29(8)39(30-19-16-15-17-20-30)58-24-33(51)46-47-43/h15-17,19-20,25-29,31-32,35-39H,14,18,21-24H2,1-13H3,(H,44,53)(H,45,54)/t27-,28+,29+,31-,32+,35-,36-,37-,38+,39+/m0/s1. The quantitative estimate of drug-likeness (QED) is 0.0892. The summed E-state index contributed by atoms with van der Waals surface area (Å²) in [6, 6.07) is 6.43. The van der Waals surface area contributed by atoms with Crippen molar-refractivity contribution in [2.45, 2.75) is 130 Å². The Morgan fingerprint density at radius 3 is 2.09 bits per heavy atom. The fraction of sp³-hybridized carbons (Fsp3) is 0.738. The van der Waals surface area contributed by atoms with Gasteiger partial charge in [-0.3, -0.25) is 28.9 Å². The summed E-state index contributed by atoms with van der Waals surface area (Å²) in [5.74, 6) is -2.65. The molecule has 1 saturated heterocycles. The number of carbonyl (C=O) groups excluding carboxylic acids is 5. The van der Waals surface area contributed by atoms with Crippen molar-refractivity contribution < 1.29 is 38.2 Å². The van der Waals surface area contributed by atoms with Crippen LogP contribution < -0.4 is 10.6 Å². The Kier molecular flexibility index (Phi) is 20.8. The molecular formula is C42H70N8O8. The number of hydrogen-bond donors (Lipinski definition) is 2. The van der Waals surface area contributed by atoms with Gasteiger partial charge in [0.1, 0.15) is 18.8 Å². The number of likely N-dealkylation sites (tertiary alicyclic amines) is 1. The minimum absolute atomic E-state index is 0.00685. The Morgan fingerprint density at radius 2 is 1.57 bits per heavy atom. The maximum Gasteiger partial charge on any atom is 0.245 e. The molecule has 0 spiro atoms. The van der Waals surface area contributed by atoms with Crippen molar-refractivity contribution in [2.24, 2.45) is 28.8 Å². The van der Waals surface area contributed by atoms with Crippen LogP contribution in [0.4, 0.5) is 0 Å². The van der Waals surface area contributed by atoms with Gasteiger partial charge in [-0.15, -0.1) is 0 Å². The van der Waals surface area contributed by atoms with E-state index in [2.05, 4.69) is 20.7 Å². The van der Waals surface area contributed by atoms with Gasteiger partial charge in [0.25, 0.3) is 0 Å². The first-order valence-corrected chi connectivity index (χ1v) is 20.5. The molecule has 1 fully saturated rings. The average molecular weight is 815 g/mol. The summed E-state index contributed by atoms with van der Waals surface area (Å²) in [6.07, 6.45) is 0.0204. The summed E-state index contributed by atoms with van der Waals surface area (Å²) < 4.78 is 17.8. The number of methoxy groups -OCH3 is 2. The van der Waals surface area contributed by atoms with Crippen LogP contribution in [0.25, 0.3) is 10.4 Å². The van der Waals surface area contributed by atoms with Crippen molar-refractivity contribution in [1.82, 2.24) is 25.3 Å². The fourth-order valence-corrected chi connectivity index (χ4v) is 8.25. The highest BCUT2D eigenvalue weighted by Crippen LogP contribution is 2.30. The number of ether oxygens (including phenoxy) is 3. The highest BCUT2D eigenvalue weighted by Gasteiger charge is 2.43. The van der Waals surface area contributed by atoms with Crippen LogP contribution in [0.1, 0.15) is 92.7 Å². The van der Waals surface area contributed by atoms with Crippen LogP contribution in [-0.4, -0.2) is 135 Å². The molecule has 0 radical (unpaired) electrons. The fourth-order valence-electron chi connectivity index (χ4n) is 8.25. The van der Waals surface area contributed by atoms with Crippen LogP contribution in [0, 0.1) is 23.7 Å². The molecule has 5 amide bonds. The zero-order valence-corrected chi connectivity index (χ0v) is 37.0. The summed E-state index contributed by atoms with van der Waals surface area (Å²) in [6.45, 7) is 15.3. The molecule has 0 aliphatic carbocycles. The Hall–Kier alpha value is -4.08. The van der Waals surface area contributed by atoms with E-state index in [0.29, 0.717) is 19.4 Å². The minimum atomic E-state index is -0.783. The Morgan fingerprint density at radius 1 is 0.931 bits per heavy atom. The molecule has 58 heavy (non-hydrogen) atoms. The molecule has 326 valence electrons. The Bertz CT molecular complexity index is 1530. The number of nitrogens with zero attached hydrogens (tertiary/aromatic N) is 6. The Balaban J connectivity index is 2.29. The lowest BCUT2D eigenvalue weighted by atomic mass is 9.89. The highest BCUT2D eigenvalue weighted by atomic mass is 16.5. The molecule has 16 heteroatoms. The normalized spacial score (nSPS) is 19.0. The van der Waals surface area contributed by atoms with E-state index in [1.807, 2.05) is 90.9 Å². The number of likely N-dealkylation sites (N-methyl/N-ethyl adjacent to an activating group) is 2. The molecule has 16 nitrogen and oxygen atoms in total. The largest absolute Gasteiger partial charge is 0.379 e. The molecular weight excluding hydrogens is 745 g/mol. The van der Waals surface area contributed by atoms with Gasteiger partial charge in [0.15, 0.2) is 0 Å². The molecule has 1 heterocycles. The number of carbonyl (C=O) groups is 5. The number of rotatable bonds is 23. The van der Waals surface area contributed by atoms with Crippen molar-refractivity contribution in [3.8, 4) is 0 Å². The topological polar surface area (TPSA) is 196 Å². The average Bonchev–Trinajstić information content (AvgIpc) is 3.66. The predicted octanol–water partition coefficient (Wildman–Crippen LogP) is 4.73. The summed E-state index contributed by atoms with van der Waals surface area (Å²) in [5.41, 5.74) is 9.35. The third kappa shape index (κ3) is 13.5. The van der Waals surface area contributed by atoms with Crippen LogP contribution in [-0.2, 0) is 38.2 Å². The summed E-state index contributed by atoms with van der Waals surface area (Å²) in [5, 5.41) is 9.12. The molecule has 0 aromatic heterocycles. The second-order valence-corrected chi connectivity index (χ2v) is 16.5. The Labute approximate surface area is 345 Å². The predicted molar refractivity (Wildman–Crippen MR) is 222 cm³/mol. The first-order chi connectivity index (χ1) is 27.4. The summed E-state index contributed by atoms with van der Waals surface area (Å²) >= 11 is 0. The van der Waals surface area contributed by atoms with E-state index in [4.69, 9.17) is 19.7 Å². The van der Waals surface area contributed by atoms with E-state index in [9.17, 15) is 24.0 Å². The number of amides is 5. The number of benzene rings is 1. The van der Waals surface area contributed by atoms with Crippen LogP contribution in [0.15, 0.2) is 35.4 Å². The monoisotopic (exact) mass is 815 g/mol. The van der Waals surface area contributed by atoms with Gasteiger partial charge >= 0.3 is 0 Å². The van der Waals surface area contributed by atoms with Gasteiger partial charge in [0.2, 0.25) is 29.5 Å². The minimum Gasteiger partial charge on any atom is -0.379 e. The molecule has 0 bridgehead atoms. The first kappa shape index (κ1) is 50.1. The van der Waals surface area contributed by atoms with Crippen molar-refractivity contribution in [3.63, 3.8) is 0 Å². The van der Waals surface area contributed by atoms with Gasteiger partial charge in [-0.2, -0.15) is 0 Å². The molecule has 10 atom stereocenters. The molecule has 1 aliphatic heterocycles. The van der Waals surface area contributed by atoms with E-state index >= 15 is 0 Å². The van der Waals surface area contributed by atoms with E-state index in [1.165, 1.54) is 7.11 Å². The third-order valence-electron chi connectivity index (χ3n) is 11.4. The summed E-state index contributed by atoms with van der Waals surface area (Å²) in [4.78, 5) is 75.6. The number of nitrogens with one attached hydrogen (secondary N) is 2. The second-order valence-electron chi connectivity index (χ2n) is 16.5. The van der Waals surface area contributed by atoms with Gasteiger partial charge in [0, 0.05) is 32.7 Å². The van der Waals surface area contributed by atoms with Crippen molar-refractivity contribution in [2.75, 3.05) is 48.5 Å². The van der Waals surface area contributed by atoms with Gasteiger partial charge in [-0.1, -0.05) is 85.2 Å². The van der Waals surface area contributed by atoms with Crippen LogP contribution in [0.3, 0.4) is 0 Å². The number of hydrogen-bond acceptors (Lipinski definition) is 9. The van der Waals surface area contributed by atoms with Crippen LogP contribution in [0.5, 0.6) is 0 Å². The molecule has 0 unspecified atom stereocenters. The highest BCUT2D eigenvalue weighted by molar-refractivity contribution is 5.90. The molecule has 1 aromatic rings. The van der Waals surface area contributed by atoms with Crippen molar-refractivity contribution >= 4 is 29.5 Å². The lowest BCUT2D eigenvalue weighted by molar-refractivity contribution is -0.148. The molecule has 2 N–H and O–H groups in total. The van der Waals surface area contributed by atoms with Gasteiger partial charge in [-0.25, -0.2) is 0 Å². The molecule has 2 rings (SSSR count). The molecule has 1 aromatic carbocycles. The van der Waals surface area contributed by atoms with E-state index < -0.39 is 67.0 Å². The van der Waals surface area contributed by atoms with Crippen molar-refractivity contribution in [1.29, 1.82) is 0 Å². The first-order valence-electron chi connectivity index (χ1n) is 20.5. The number of azide groups is 1. The lowest BCUT2D eigenvalue weighted by Crippen LogP contribution is -2.59. The maximum absolute atomic E-state index is 14.3. The van der Waals surface area contributed by atoms with Gasteiger partial charge in [-0.05, 0) is 67.8 Å². The second kappa shape index (κ2) is 24.1. The summed E-state index contributed by atoms with van der Waals surface area (Å²) in [7, 11) is 8.48. The van der Waals surface area contributed by atoms with Gasteiger partial charge < -0.3 is 34.6 Å². The zero-order chi connectivity index (χ0) is 43.9. The van der Waals surface area contributed by atoms with E-state index in [-0.39, 0.29) is 47.8 Å².